The van der Waals surface area contributed by atoms with Crippen molar-refractivity contribution < 1.29 is 4.79 Å². The molecular formula is C11H13N3O2S. The SMILES string of the molecule is O=C(NCC1CC1)c1cnc2n(c1=O)CCS2. The monoisotopic (exact) mass is 251 g/mol. The molecule has 3 rings (SSSR count). The Labute approximate surface area is 103 Å². The summed E-state index contributed by atoms with van der Waals surface area (Å²) in [6.45, 7) is 1.32. The highest BCUT2D eigenvalue weighted by Gasteiger charge is 2.24. The maximum Gasteiger partial charge on any atom is 0.267 e. The summed E-state index contributed by atoms with van der Waals surface area (Å²) in [5.41, 5.74) is -0.0507. The first kappa shape index (κ1) is 10.8. The van der Waals surface area contributed by atoms with E-state index in [9.17, 15) is 9.59 Å². The van der Waals surface area contributed by atoms with Crippen LogP contribution in [-0.2, 0) is 6.54 Å². The molecule has 0 atom stereocenters. The molecule has 0 unspecified atom stereocenters. The topological polar surface area (TPSA) is 64.0 Å². The van der Waals surface area contributed by atoms with Crippen LogP contribution in [0, 0.1) is 5.92 Å². The number of rotatable bonds is 3. The number of hydrogen-bond donors (Lipinski definition) is 1. The number of amides is 1. The molecule has 0 aromatic carbocycles. The van der Waals surface area contributed by atoms with E-state index in [0.29, 0.717) is 24.2 Å². The summed E-state index contributed by atoms with van der Waals surface area (Å²) < 4.78 is 1.58. The van der Waals surface area contributed by atoms with E-state index in [2.05, 4.69) is 10.3 Å². The van der Waals surface area contributed by atoms with Crippen LogP contribution in [0.4, 0.5) is 0 Å². The van der Waals surface area contributed by atoms with Crippen molar-refractivity contribution in [3.05, 3.63) is 22.1 Å². The zero-order valence-electron chi connectivity index (χ0n) is 9.31. The molecule has 2 aliphatic rings. The second-order valence-electron chi connectivity index (χ2n) is 4.41. The molecule has 0 radical (unpaired) electrons. The van der Waals surface area contributed by atoms with E-state index in [1.165, 1.54) is 19.0 Å². The number of thioether (sulfide) groups is 1. The van der Waals surface area contributed by atoms with Gasteiger partial charge < -0.3 is 5.32 Å². The van der Waals surface area contributed by atoms with E-state index in [1.807, 2.05) is 0 Å². The lowest BCUT2D eigenvalue weighted by Crippen LogP contribution is -2.34. The van der Waals surface area contributed by atoms with Gasteiger partial charge in [-0.25, -0.2) is 4.98 Å². The Balaban J connectivity index is 1.82. The van der Waals surface area contributed by atoms with Crippen LogP contribution < -0.4 is 10.9 Å². The Morgan fingerprint density at radius 2 is 2.41 bits per heavy atom. The smallest absolute Gasteiger partial charge is 0.267 e. The summed E-state index contributed by atoms with van der Waals surface area (Å²) in [5, 5.41) is 3.51. The summed E-state index contributed by atoms with van der Waals surface area (Å²) in [7, 11) is 0. The van der Waals surface area contributed by atoms with Crippen LogP contribution in [0.2, 0.25) is 0 Å². The van der Waals surface area contributed by atoms with Crippen molar-refractivity contribution in [2.45, 2.75) is 24.5 Å². The molecule has 2 heterocycles. The number of aromatic nitrogens is 2. The van der Waals surface area contributed by atoms with Crippen molar-refractivity contribution in [1.82, 2.24) is 14.9 Å². The summed E-state index contributed by atoms with van der Waals surface area (Å²) in [5.74, 6) is 1.18. The zero-order valence-corrected chi connectivity index (χ0v) is 10.1. The lowest BCUT2D eigenvalue weighted by molar-refractivity contribution is 0.0949. The van der Waals surface area contributed by atoms with Crippen molar-refractivity contribution >= 4 is 17.7 Å². The third-order valence-corrected chi connectivity index (χ3v) is 4.02. The molecule has 0 saturated heterocycles. The largest absolute Gasteiger partial charge is 0.352 e. The maximum atomic E-state index is 12.0. The molecule has 6 heteroatoms. The number of carbonyl (C=O) groups excluding carboxylic acids is 1. The summed E-state index contributed by atoms with van der Waals surface area (Å²) >= 11 is 1.55. The molecule has 90 valence electrons. The van der Waals surface area contributed by atoms with E-state index < -0.39 is 0 Å². The van der Waals surface area contributed by atoms with Gasteiger partial charge in [0, 0.05) is 25.0 Å². The van der Waals surface area contributed by atoms with Crippen LogP contribution >= 0.6 is 11.8 Å². The molecule has 5 nitrogen and oxygen atoms in total. The first-order valence-electron chi connectivity index (χ1n) is 5.76. The molecule has 1 amide bonds. The molecular weight excluding hydrogens is 238 g/mol. The van der Waals surface area contributed by atoms with E-state index in [4.69, 9.17) is 0 Å². The fourth-order valence-corrected chi connectivity index (χ4v) is 2.74. The second-order valence-corrected chi connectivity index (χ2v) is 5.48. The average Bonchev–Trinajstić information content (AvgIpc) is 3.03. The standard InChI is InChI=1S/C11H13N3O2S/c15-9(12-5-7-1-2-7)8-6-13-11-14(10(8)16)3-4-17-11/h6-7H,1-5H2,(H,12,15). The van der Waals surface area contributed by atoms with Gasteiger partial charge in [0.2, 0.25) is 0 Å². The van der Waals surface area contributed by atoms with Gasteiger partial charge in [-0.2, -0.15) is 0 Å². The van der Waals surface area contributed by atoms with Gasteiger partial charge >= 0.3 is 0 Å². The van der Waals surface area contributed by atoms with Crippen molar-refractivity contribution in [3.8, 4) is 0 Å². The minimum atomic E-state index is -0.290. The van der Waals surface area contributed by atoms with Gasteiger partial charge in [-0.05, 0) is 18.8 Å². The quantitative estimate of drug-likeness (QED) is 0.794. The Kier molecular flexibility index (Phi) is 2.66. The molecule has 1 saturated carbocycles. The molecule has 1 fully saturated rings. The van der Waals surface area contributed by atoms with Gasteiger partial charge in [0.1, 0.15) is 5.56 Å². The highest BCUT2D eigenvalue weighted by Crippen LogP contribution is 2.27. The fraction of sp³-hybridized carbons (Fsp3) is 0.545. The molecule has 1 aromatic rings. The Morgan fingerprint density at radius 3 is 3.18 bits per heavy atom. The molecule has 1 aliphatic heterocycles. The van der Waals surface area contributed by atoms with Gasteiger partial charge in [-0.15, -0.1) is 0 Å². The average molecular weight is 251 g/mol. The van der Waals surface area contributed by atoms with Crippen molar-refractivity contribution in [3.63, 3.8) is 0 Å². The lowest BCUT2D eigenvalue weighted by Gasteiger charge is -2.05. The Morgan fingerprint density at radius 1 is 1.59 bits per heavy atom. The van der Waals surface area contributed by atoms with Crippen LogP contribution in [0.25, 0.3) is 0 Å². The molecule has 0 bridgehead atoms. The molecule has 1 aliphatic carbocycles. The molecule has 0 spiro atoms. The van der Waals surface area contributed by atoms with Gasteiger partial charge in [-0.1, -0.05) is 11.8 Å². The minimum Gasteiger partial charge on any atom is -0.352 e. The zero-order chi connectivity index (χ0) is 11.8. The number of nitrogens with one attached hydrogen (secondary N) is 1. The third kappa shape index (κ3) is 2.09. The Hall–Kier alpha value is -1.30. The predicted molar refractivity (Wildman–Crippen MR) is 64.3 cm³/mol. The van der Waals surface area contributed by atoms with Gasteiger partial charge in [0.05, 0.1) is 0 Å². The first-order valence-corrected chi connectivity index (χ1v) is 6.75. The van der Waals surface area contributed by atoms with Crippen LogP contribution in [0.5, 0.6) is 0 Å². The number of nitrogens with zero attached hydrogens (tertiary/aromatic N) is 2. The number of fused-ring (bicyclic) bond motifs is 1. The van der Waals surface area contributed by atoms with Crippen LogP contribution in [0.15, 0.2) is 16.1 Å². The van der Waals surface area contributed by atoms with Crippen LogP contribution in [0.1, 0.15) is 23.2 Å². The lowest BCUT2D eigenvalue weighted by atomic mass is 10.3. The number of carbonyl (C=O) groups is 1. The Bertz CT molecular complexity index is 522. The van der Waals surface area contributed by atoms with Gasteiger partial charge in [0.25, 0.3) is 11.5 Å². The van der Waals surface area contributed by atoms with Gasteiger partial charge in [-0.3, -0.25) is 14.2 Å². The number of hydrogen-bond acceptors (Lipinski definition) is 4. The van der Waals surface area contributed by atoms with Crippen LogP contribution in [-0.4, -0.2) is 27.8 Å². The summed E-state index contributed by atoms with van der Waals surface area (Å²) in [6, 6.07) is 0. The van der Waals surface area contributed by atoms with Crippen molar-refractivity contribution in [1.29, 1.82) is 0 Å². The molecule has 17 heavy (non-hydrogen) atoms. The second kappa shape index (κ2) is 4.18. The van der Waals surface area contributed by atoms with Crippen molar-refractivity contribution in [2.24, 2.45) is 5.92 Å². The maximum absolute atomic E-state index is 12.0. The summed E-state index contributed by atoms with van der Waals surface area (Å²) in [6.07, 6.45) is 3.76. The molecule has 1 N–H and O–H groups in total. The first-order chi connectivity index (χ1) is 8.25. The third-order valence-electron chi connectivity index (χ3n) is 3.05. The summed E-state index contributed by atoms with van der Waals surface area (Å²) in [4.78, 5) is 28.0. The van der Waals surface area contributed by atoms with E-state index in [0.717, 1.165) is 5.75 Å². The van der Waals surface area contributed by atoms with Gasteiger partial charge in [0.15, 0.2) is 5.16 Å². The highest BCUT2D eigenvalue weighted by atomic mass is 32.2. The minimum absolute atomic E-state index is 0.164. The van der Waals surface area contributed by atoms with Crippen molar-refractivity contribution in [2.75, 3.05) is 12.3 Å². The fourth-order valence-electron chi connectivity index (χ4n) is 1.83. The normalized spacial score (nSPS) is 17.9. The van der Waals surface area contributed by atoms with Crippen LogP contribution in [0.3, 0.4) is 0 Å². The highest BCUT2D eigenvalue weighted by molar-refractivity contribution is 7.99. The molecule has 1 aromatic heterocycles. The van der Waals surface area contributed by atoms with E-state index >= 15 is 0 Å². The predicted octanol–water partition coefficient (Wildman–Crippen LogP) is 0.489. The van der Waals surface area contributed by atoms with E-state index in [-0.39, 0.29) is 17.0 Å². The van der Waals surface area contributed by atoms with E-state index in [1.54, 1.807) is 16.3 Å².